The van der Waals surface area contributed by atoms with Gasteiger partial charge in [0.15, 0.2) is 34.7 Å². The summed E-state index contributed by atoms with van der Waals surface area (Å²) < 4.78 is 0. The normalized spacial score (nSPS) is 31.3. The lowest BCUT2D eigenvalue weighted by Crippen LogP contribution is -2.68. The molecule has 0 saturated heterocycles. The highest BCUT2D eigenvalue weighted by Crippen LogP contribution is 2.50. The van der Waals surface area contributed by atoms with Crippen LogP contribution in [-0.2, 0) is 32.0 Å². The molecule has 33 heavy (non-hydrogen) atoms. The van der Waals surface area contributed by atoms with Crippen molar-refractivity contribution in [2.75, 3.05) is 20.6 Å². The SMILES string of the molecule is CN(C)CCCc1ccc(O)c2c1C[C@H]1C[C@H]3CC(=O)C(C(N)=O)C(=O)[C@@]3(O)C(=O)C1C2=O. The van der Waals surface area contributed by atoms with Crippen LogP contribution in [0.5, 0.6) is 5.75 Å². The first-order valence-corrected chi connectivity index (χ1v) is 11.1. The fourth-order valence-electron chi connectivity index (χ4n) is 5.85. The molecule has 0 spiro atoms. The number of fused-ring (bicyclic) bond motifs is 3. The summed E-state index contributed by atoms with van der Waals surface area (Å²) in [6.45, 7) is 0.842. The van der Waals surface area contributed by atoms with E-state index in [0.717, 1.165) is 18.5 Å². The van der Waals surface area contributed by atoms with Gasteiger partial charge in [0.2, 0.25) is 5.91 Å². The number of aryl methyl sites for hydroxylation is 1. The van der Waals surface area contributed by atoms with Crippen molar-refractivity contribution in [3.63, 3.8) is 0 Å². The fraction of sp³-hybridized carbons (Fsp3) is 0.542. The van der Waals surface area contributed by atoms with E-state index in [1.165, 1.54) is 6.07 Å². The van der Waals surface area contributed by atoms with Gasteiger partial charge in [-0.05, 0) is 69.4 Å². The summed E-state index contributed by atoms with van der Waals surface area (Å²) in [4.78, 5) is 65.9. The second kappa shape index (κ2) is 8.14. The van der Waals surface area contributed by atoms with E-state index in [1.54, 1.807) is 6.07 Å². The molecule has 2 unspecified atom stereocenters. The van der Waals surface area contributed by atoms with Gasteiger partial charge >= 0.3 is 0 Å². The first-order valence-electron chi connectivity index (χ1n) is 11.1. The Morgan fingerprint density at radius 3 is 2.48 bits per heavy atom. The highest BCUT2D eigenvalue weighted by Gasteiger charge is 2.66. The number of hydrogen-bond donors (Lipinski definition) is 3. The zero-order chi connectivity index (χ0) is 24.2. The van der Waals surface area contributed by atoms with Gasteiger partial charge in [0.25, 0.3) is 0 Å². The number of nitrogens with two attached hydrogens (primary N) is 1. The van der Waals surface area contributed by atoms with E-state index in [9.17, 15) is 34.2 Å². The third-order valence-electron chi connectivity index (χ3n) is 7.43. The van der Waals surface area contributed by atoms with E-state index in [1.807, 2.05) is 19.0 Å². The summed E-state index contributed by atoms with van der Waals surface area (Å²) in [6, 6.07) is 3.21. The highest BCUT2D eigenvalue weighted by molar-refractivity contribution is 6.31. The highest BCUT2D eigenvalue weighted by atomic mass is 16.3. The minimum absolute atomic E-state index is 0.0554. The zero-order valence-corrected chi connectivity index (χ0v) is 18.7. The Morgan fingerprint density at radius 1 is 1.15 bits per heavy atom. The number of carbonyl (C=O) groups excluding carboxylic acids is 5. The summed E-state index contributed by atoms with van der Waals surface area (Å²) in [7, 11) is 3.93. The Morgan fingerprint density at radius 2 is 1.85 bits per heavy atom. The van der Waals surface area contributed by atoms with E-state index in [4.69, 9.17) is 5.73 Å². The maximum atomic E-state index is 13.4. The van der Waals surface area contributed by atoms with Crippen molar-refractivity contribution >= 4 is 29.0 Å². The van der Waals surface area contributed by atoms with Gasteiger partial charge in [-0.2, -0.15) is 0 Å². The van der Waals surface area contributed by atoms with Gasteiger partial charge in [-0.15, -0.1) is 0 Å². The number of primary amides is 1. The molecule has 0 bridgehead atoms. The smallest absolute Gasteiger partial charge is 0.235 e. The summed E-state index contributed by atoms with van der Waals surface area (Å²) >= 11 is 0. The number of aliphatic hydroxyl groups is 1. The zero-order valence-electron chi connectivity index (χ0n) is 18.7. The lowest BCUT2D eigenvalue weighted by atomic mass is 9.53. The second-order valence-electron chi connectivity index (χ2n) is 9.74. The number of phenolic OH excluding ortho intramolecular Hbond substituents is 1. The maximum Gasteiger partial charge on any atom is 0.235 e. The molecule has 1 aromatic carbocycles. The number of phenols is 1. The molecule has 4 N–H and O–H groups in total. The Balaban J connectivity index is 1.72. The molecule has 9 heteroatoms. The van der Waals surface area contributed by atoms with Gasteiger partial charge < -0.3 is 20.8 Å². The third kappa shape index (κ3) is 3.50. The van der Waals surface area contributed by atoms with E-state index in [-0.39, 0.29) is 24.2 Å². The molecular weight excluding hydrogens is 428 g/mol. The summed E-state index contributed by atoms with van der Waals surface area (Å²) in [5, 5.41) is 21.6. The molecule has 3 aliphatic rings. The van der Waals surface area contributed by atoms with Crippen molar-refractivity contribution in [3.05, 3.63) is 28.8 Å². The number of aromatic hydroxyl groups is 1. The van der Waals surface area contributed by atoms with Crippen LogP contribution in [0.1, 0.15) is 40.7 Å². The van der Waals surface area contributed by atoms with Crippen LogP contribution in [0, 0.1) is 23.7 Å². The molecule has 1 amide bonds. The molecule has 2 fully saturated rings. The molecule has 176 valence electrons. The number of Topliss-reactive ketones (excluding diaryl/α,β-unsaturated/α-hetero) is 4. The number of carbonyl (C=O) groups is 5. The number of rotatable bonds is 5. The number of hydrogen-bond acceptors (Lipinski definition) is 8. The summed E-state index contributed by atoms with van der Waals surface area (Å²) in [6.07, 6.45) is 1.61. The van der Waals surface area contributed by atoms with Gasteiger partial charge in [0.05, 0.1) is 11.5 Å². The number of amides is 1. The average molecular weight is 456 g/mol. The molecule has 3 aliphatic carbocycles. The summed E-state index contributed by atoms with van der Waals surface area (Å²) in [5.74, 6) is -9.78. The lowest BCUT2D eigenvalue weighted by molar-refractivity contribution is -0.175. The molecule has 0 heterocycles. The van der Waals surface area contributed by atoms with E-state index in [2.05, 4.69) is 0 Å². The van der Waals surface area contributed by atoms with Crippen LogP contribution in [0.4, 0.5) is 0 Å². The van der Waals surface area contributed by atoms with E-state index >= 15 is 0 Å². The maximum absolute atomic E-state index is 13.4. The first kappa shape index (κ1) is 23.3. The van der Waals surface area contributed by atoms with Gasteiger partial charge in [-0.25, -0.2) is 0 Å². The van der Waals surface area contributed by atoms with Crippen molar-refractivity contribution in [2.24, 2.45) is 29.4 Å². The van der Waals surface area contributed by atoms with Crippen molar-refractivity contribution in [3.8, 4) is 5.75 Å². The molecule has 0 radical (unpaired) electrons. The molecule has 4 rings (SSSR count). The molecule has 2 saturated carbocycles. The first-order chi connectivity index (χ1) is 15.5. The van der Waals surface area contributed by atoms with E-state index < -0.39 is 58.3 Å². The minimum atomic E-state index is -2.61. The van der Waals surface area contributed by atoms with Crippen molar-refractivity contribution in [1.82, 2.24) is 4.90 Å². The number of ketones is 4. The van der Waals surface area contributed by atoms with Crippen LogP contribution in [0.25, 0.3) is 0 Å². The van der Waals surface area contributed by atoms with Crippen LogP contribution in [0.2, 0.25) is 0 Å². The Hall–Kier alpha value is -2.91. The predicted octanol–water partition coefficient (Wildman–Crippen LogP) is -0.179. The van der Waals surface area contributed by atoms with Gasteiger partial charge in [-0.1, -0.05) is 6.07 Å². The number of nitrogens with zero attached hydrogens (tertiary/aromatic N) is 1. The Labute approximate surface area is 190 Å². The molecule has 5 atom stereocenters. The minimum Gasteiger partial charge on any atom is -0.507 e. The van der Waals surface area contributed by atoms with Crippen LogP contribution in [-0.4, -0.2) is 70.4 Å². The molecule has 0 aromatic heterocycles. The monoisotopic (exact) mass is 456 g/mol. The summed E-state index contributed by atoms with van der Waals surface area (Å²) in [5.41, 5.74) is 4.22. The molecule has 9 nitrogen and oxygen atoms in total. The lowest BCUT2D eigenvalue weighted by Gasteiger charge is -2.48. The second-order valence-corrected chi connectivity index (χ2v) is 9.74. The van der Waals surface area contributed by atoms with E-state index in [0.29, 0.717) is 18.4 Å². The quantitative estimate of drug-likeness (QED) is 0.516. The topological polar surface area (TPSA) is 155 Å². The van der Waals surface area contributed by atoms with Crippen LogP contribution in [0.15, 0.2) is 12.1 Å². The molecule has 1 aromatic rings. The Bertz CT molecular complexity index is 1080. The van der Waals surface area contributed by atoms with Gasteiger partial charge in [-0.3, -0.25) is 24.0 Å². The van der Waals surface area contributed by atoms with Crippen LogP contribution < -0.4 is 5.73 Å². The fourth-order valence-corrected chi connectivity index (χ4v) is 5.85. The van der Waals surface area contributed by atoms with Crippen molar-refractivity contribution in [1.29, 1.82) is 0 Å². The van der Waals surface area contributed by atoms with Gasteiger partial charge in [0, 0.05) is 12.3 Å². The molecular formula is C24H28N2O7. The predicted molar refractivity (Wildman–Crippen MR) is 115 cm³/mol. The van der Waals surface area contributed by atoms with Crippen molar-refractivity contribution in [2.45, 2.75) is 37.7 Å². The van der Waals surface area contributed by atoms with Crippen LogP contribution in [0.3, 0.4) is 0 Å². The van der Waals surface area contributed by atoms with Crippen molar-refractivity contribution < 1.29 is 34.2 Å². The number of benzene rings is 1. The average Bonchev–Trinajstić information content (AvgIpc) is 2.71. The third-order valence-corrected chi connectivity index (χ3v) is 7.43. The van der Waals surface area contributed by atoms with Gasteiger partial charge in [0.1, 0.15) is 5.75 Å². The largest absolute Gasteiger partial charge is 0.507 e. The standard InChI is InChI=1S/C24H28N2O7/c1-26(2)7-3-4-11-5-6-15(27)18-14(11)9-12-8-13-10-16(28)19(23(25)32)22(31)24(13,33)21(30)17(12)20(18)29/h5-6,12-13,17,19,27,33H,3-4,7-10H2,1-2H3,(H2,25,32)/t12-,13+,17?,19?,24+/m1/s1. The van der Waals surface area contributed by atoms with Crippen LogP contribution >= 0.6 is 0 Å². The molecule has 0 aliphatic heterocycles. The Kier molecular flexibility index (Phi) is 5.74.